The number of hydrogen-bond acceptors (Lipinski definition) is 4. The summed E-state index contributed by atoms with van der Waals surface area (Å²) in [5, 5.41) is 8.58. The van der Waals surface area contributed by atoms with Crippen molar-refractivity contribution in [3.8, 4) is 6.07 Å². The Morgan fingerprint density at radius 1 is 1.53 bits per heavy atom. The van der Waals surface area contributed by atoms with Crippen molar-refractivity contribution in [1.82, 2.24) is 0 Å². The summed E-state index contributed by atoms with van der Waals surface area (Å²) in [5.41, 5.74) is -4.99. The number of thioether (sulfide) groups is 1. The van der Waals surface area contributed by atoms with Gasteiger partial charge in [0.15, 0.2) is 0 Å². The third-order valence-corrected chi connectivity index (χ3v) is 3.01. The van der Waals surface area contributed by atoms with Crippen molar-refractivity contribution in [3.63, 3.8) is 0 Å². The smallest absolute Gasteiger partial charge is 0.446 e. The van der Waals surface area contributed by atoms with Crippen LogP contribution in [0.25, 0.3) is 0 Å². The number of hydrogen-bond donors (Lipinski definition) is 0. The van der Waals surface area contributed by atoms with E-state index in [0.717, 1.165) is 12.1 Å². The molecule has 1 aromatic carbocycles. The summed E-state index contributed by atoms with van der Waals surface area (Å²) in [6, 6.07) is 3.57. The van der Waals surface area contributed by atoms with Gasteiger partial charge in [-0.05, 0) is 30.8 Å². The van der Waals surface area contributed by atoms with E-state index in [1.807, 2.05) is 0 Å². The standard InChI is InChI=1S/C11H7ClF3NO2S/c1-2-18-10(17)8-4-7(19-11(13,14)15)3-6(5-16)9(8)12/h3-4H,2H2,1H3. The highest BCUT2D eigenvalue weighted by Gasteiger charge is 2.30. The molecule has 8 heteroatoms. The second-order valence-corrected chi connectivity index (χ2v) is 4.73. The molecular formula is C11H7ClF3NO2S. The van der Waals surface area contributed by atoms with Crippen LogP contribution in [0.4, 0.5) is 13.2 Å². The van der Waals surface area contributed by atoms with Gasteiger partial charge >= 0.3 is 11.5 Å². The minimum atomic E-state index is -4.52. The van der Waals surface area contributed by atoms with Crippen LogP contribution in [-0.2, 0) is 4.74 Å². The quantitative estimate of drug-likeness (QED) is 0.625. The number of rotatable bonds is 3. The van der Waals surface area contributed by atoms with Crippen LogP contribution >= 0.6 is 23.4 Å². The van der Waals surface area contributed by atoms with E-state index in [9.17, 15) is 18.0 Å². The molecule has 0 aliphatic carbocycles. The van der Waals surface area contributed by atoms with Crippen molar-refractivity contribution in [2.24, 2.45) is 0 Å². The van der Waals surface area contributed by atoms with Crippen molar-refractivity contribution in [3.05, 3.63) is 28.3 Å². The van der Waals surface area contributed by atoms with Gasteiger partial charge in [0.25, 0.3) is 0 Å². The first-order valence-electron chi connectivity index (χ1n) is 4.95. The van der Waals surface area contributed by atoms with E-state index >= 15 is 0 Å². The number of carbonyl (C=O) groups is 1. The van der Waals surface area contributed by atoms with Gasteiger partial charge in [0.05, 0.1) is 22.8 Å². The second-order valence-electron chi connectivity index (χ2n) is 3.21. The number of halogens is 4. The van der Waals surface area contributed by atoms with Crippen molar-refractivity contribution in [2.75, 3.05) is 6.61 Å². The van der Waals surface area contributed by atoms with E-state index < -0.39 is 23.2 Å². The van der Waals surface area contributed by atoms with Crippen LogP contribution < -0.4 is 0 Å². The first kappa shape index (κ1) is 15.7. The molecule has 102 valence electrons. The van der Waals surface area contributed by atoms with Crippen LogP contribution in [0.15, 0.2) is 17.0 Å². The van der Waals surface area contributed by atoms with Gasteiger partial charge in [0, 0.05) is 4.90 Å². The average Bonchev–Trinajstić information content (AvgIpc) is 2.29. The largest absolute Gasteiger partial charge is 0.462 e. The van der Waals surface area contributed by atoms with Gasteiger partial charge in [0.2, 0.25) is 0 Å². The van der Waals surface area contributed by atoms with E-state index in [0.29, 0.717) is 0 Å². The fraction of sp³-hybridized carbons (Fsp3) is 0.273. The molecule has 0 saturated carbocycles. The molecule has 0 aromatic heterocycles. The number of benzene rings is 1. The Morgan fingerprint density at radius 3 is 2.63 bits per heavy atom. The van der Waals surface area contributed by atoms with Crippen LogP contribution in [0.3, 0.4) is 0 Å². The third kappa shape index (κ3) is 4.33. The molecule has 19 heavy (non-hydrogen) atoms. The zero-order chi connectivity index (χ0) is 14.6. The monoisotopic (exact) mass is 309 g/mol. The van der Waals surface area contributed by atoms with Crippen LogP contribution in [-0.4, -0.2) is 18.1 Å². The summed E-state index contributed by atoms with van der Waals surface area (Å²) in [7, 11) is 0. The molecule has 0 heterocycles. The Kier molecular flexibility index (Phi) is 5.09. The maximum absolute atomic E-state index is 12.3. The molecule has 0 radical (unpaired) electrons. The first-order valence-corrected chi connectivity index (χ1v) is 6.14. The van der Waals surface area contributed by atoms with Gasteiger partial charge in [-0.1, -0.05) is 11.6 Å². The SMILES string of the molecule is CCOC(=O)c1cc(SC(F)(F)F)cc(C#N)c1Cl. The Bertz CT molecular complexity index is 540. The fourth-order valence-electron chi connectivity index (χ4n) is 1.23. The lowest BCUT2D eigenvalue weighted by Gasteiger charge is -2.10. The number of carbonyl (C=O) groups excluding carboxylic acids is 1. The Hall–Kier alpha value is -1.39. The predicted molar refractivity (Wildman–Crippen MR) is 64.0 cm³/mol. The van der Waals surface area contributed by atoms with Crippen LogP contribution in [0.1, 0.15) is 22.8 Å². The van der Waals surface area contributed by atoms with Crippen molar-refractivity contribution in [1.29, 1.82) is 5.26 Å². The van der Waals surface area contributed by atoms with Gasteiger partial charge in [-0.3, -0.25) is 0 Å². The second kappa shape index (κ2) is 6.17. The maximum Gasteiger partial charge on any atom is 0.446 e. The molecule has 0 N–H and O–H groups in total. The van der Waals surface area contributed by atoms with Crippen LogP contribution in [0.5, 0.6) is 0 Å². The third-order valence-electron chi connectivity index (χ3n) is 1.90. The van der Waals surface area contributed by atoms with Gasteiger partial charge in [-0.25, -0.2) is 4.79 Å². The topological polar surface area (TPSA) is 50.1 Å². The van der Waals surface area contributed by atoms with Gasteiger partial charge < -0.3 is 4.74 Å². The van der Waals surface area contributed by atoms with E-state index in [4.69, 9.17) is 16.9 Å². The van der Waals surface area contributed by atoms with Crippen molar-refractivity contribution < 1.29 is 22.7 Å². The van der Waals surface area contributed by atoms with Crippen LogP contribution in [0, 0.1) is 11.3 Å². The normalized spacial score (nSPS) is 10.9. The van der Waals surface area contributed by atoms with Crippen molar-refractivity contribution in [2.45, 2.75) is 17.3 Å². The summed E-state index contributed by atoms with van der Waals surface area (Å²) in [4.78, 5) is 11.3. The highest BCUT2D eigenvalue weighted by Crippen LogP contribution is 2.39. The molecule has 0 aliphatic rings. The summed E-state index contributed by atoms with van der Waals surface area (Å²) in [6.07, 6.45) is 0. The maximum atomic E-state index is 12.3. The Labute approximate surface area is 116 Å². The molecule has 0 amide bonds. The Balaban J connectivity index is 3.27. The molecule has 0 fully saturated rings. The summed E-state index contributed by atoms with van der Waals surface area (Å²) in [5.74, 6) is -0.867. The van der Waals surface area contributed by atoms with Gasteiger partial charge in [0.1, 0.15) is 6.07 Å². The molecule has 0 saturated heterocycles. The van der Waals surface area contributed by atoms with Gasteiger partial charge in [-0.2, -0.15) is 18.4 Å². The average molecular weight is 310 g/mol. The van der Waals surface area contributed by atoms with E-state index in [2.05, 4.69) is 4.74 Å². The molecule has 1 rings (SSSR count). The molecule has 0 atom stereocenters. The fourth-order valence-corrected chi connectivity index (χ4v) is 2.08. The zero-order valence-corrected chi connectivity index (χ0v) is 11.1. The molecule has 0 bridgehead atoms. The lowest BCUT2D eigenvalue weighted by molar-refractivity contribution is -0.0328. The van der Waals surface area contributed by atoms with Crippen LogP contribution in [0.2, 0.25) is 5.02 Å². The van der Waals surface area contributed by atoms with E-state index in [-0.39, 0.29) is 27.7 Å². The number of alkyl halides is 3. The van der Waals surface area contributed by atoms with Crippen molar-refractivity contribution >= 4 is 29.3 Å². The molecule has 0 spiro atoms. The van der Waals surface area contributed by atoms with E-state index in [1.54, 1.807) is 13.0 Å². The Morgan fingerprint density at radius 2 is 2.16 bits per heavy atom. The predicted octanol–water partition coefficient (Wildman–Crippen LogP) is 4.00. The number of nitrogens with zero attached hydrogens (tertiary/aromatic N) is 1. The van der Waals surface area contributed by atoms with E-state index in [1.165, 1.54) is 0 Å². The minimum absolute atomic E-state index is 0.0493. The summed E-state index contributed by atoms with van der Waals surface area (Å²) < 4.78 is 41.5. The number of esters is 1. The molecule has 0 unspecified atom stereocenters. The highest BCUT2D eigenvalue weighted by atomic mass is 35.5. The zero-order valence-electron chi connectivity index (χ0n) is 9.55. The minimum Gasteiger partial charge on any atom is -0.462 e. The summed E-state index contributed by atoms with van der Waals surface area (Å²) >= 11 is 5.34. The molecular weight excluding hydrogens is 303 g/mol. The molecule has 3 nitrogen and oxygen atoms in total. The first-order chi connectivity index (χ1) is 8.78. The number of ether oxygens (including phenoxy) is 1. The summed E-state index contributed by atoms with van der Waals surface area (Å²) in [6.45, 7) is 1.60. The lowest BCUT2D eigenvalue weighted by atomic mass is 10.1. The molecule has 1 aromatic rings. The number of nitriles is 1. The van der Waals surface area contributed by atoms with Gasteiger partial charge in [-0.15, -0.1) is 0 Å². The molecule has 0 aliphatic heterocycles. The highest BCUT2D eigenvalue weighted by molar-refractivity contribution is 8.00. The lowest BCUT2D eigenvalue weighted by Crippen LogP contribution is -2.07.